The molecule has 0 radical (unpaired) electrons. The van der Waals surface area contributed by atoms with Gasteiger partial charge >= 0.3 is 0 Å². The van der Waals surface area contributed by atoms with Crippen molar-refractivity contribution in [3.63, 3.8) is 0 Å². The van der Waals surface area contributed by atoms with Gasteiger partial charge in [0, 0.05) is 43.7 Å². The highest BCUT2D eigenvalue weighted by molar-refractivity contribution is 7.80. The third-order valence-corrected chi connectivity index (χ3v) is 8.29. The van der Waals surface area contributed by atoms with E-state index >= 15 is 0 Å². The van der Waals surface area contributed by atoms with Gasteiger partial charge in [0.25, 0.3) is 0 Å². The van der Waals surface area contributed by atoms with Gasteiger partial charge in [-0.15, -0.1) is 0 Å². The average Bonchev–Trinajstić information content (AvgIpc) is 3.26. The first-order chi connectivity index (χ1) is 15.3. The number of nitrogens with zero attached hydrogens (tertiary/aromatic N) is 2. The minimum absolute atomic E-state index is 0.436. The van der Waals surface area contributed by atoms with Crippen LogP contribution in [0.1, 0.15) is 12.0 Å². The van der Waals surface area contributed by atoms with Crippen LogP contribution in [0.2, 0.25) is 0 Å². The van der Waals surface area contributed by atoms with E-state index in [4.69, 9.17) is 12.2 Å². The second-order valence-electron chi connectivity index (χ2n) is 7.46. The zero-order valence-corrected chi connectivity index (χ0v) is 19.4. The Morgan fingerprint density at radius 2 is 1.26 bits per heavy atom. The van der Waals surface area contributed by atoms with Crippen molar-refractivity contribution in [3.05, 3.63) is 96.6 Å². The zero-order chi connectivity index (χ0) is 21.3. The smallest absolute Gasteiger partial charge is 0.166 e. The molecule has 160 valence electrons. The first-order valence-corrected chi connectivity index (χ1v) is 12.6. The molecule has 31 heavy (non-hydrogen) atoms. The zero-order valence-electron chi connectivity index (χ0n) is 17.7. The van der Waals surface area contributed by atoms with Crippen molar-refractivity contribution in [3.8, 4) is 0 Å². The number of rotatable bonds is 8. The maximum Gasteiger partial charge on any atom is 0.166 e. The van der Waals surface area contributed by atoms with E-state index in [1.807, 2.05) is 18.2 Å². The Morgan fingerprint density at radius 1 is 0.742 bits per heavy atom. The van der Waals surface area contributed by atoms with Gasteiger partial charge < -0.3 is 20.0 Å². The molecule has 6 heteroatoms. The van der Waals surface area contributed by atoms with Gasteiger partial charge in [-0.2, -0.15) is 0 Å². The van der Waals surface area contributed by atoms with Gasteiger partial charge in [0.1, 0.15) is 0 Å². The van der Waals surface area contributed by atoms with Gasteiger partial charge in [-0.3, -0.25) is 0 Å². The van der Waals surface area contributed by atoms with Crippen LogP contribution in [0, 0.1) is 0 Å². The Labute approximate surface area is 192 Å². The molecule has 1 fully saturated rings. The maximum absolute atomic E-state index is 5.46. The third-order valence-electron chi connectivity index (χ3n) is 5.31. The van der Waals surface area contributed by atoms with Crippen LogP contribution in [0.25, 0.3) is 0 Å². The number of anilines is 2. The van der Waals surface area contributed by atoms with Gasteiger partial charge in [-0.1, -0.05) is 66.7 Å². The molecule has 1 aliphatic rings. The van der Waals surface area contributed by atoms with E-state index in [2.05, 4.69) is 92.8 Å². The molecule has 1 saturated heterocycles. The van der Waals surface area contributed by atoms with Crippen LogP contribution < -0.4 is 20.0 Å². The fourth-order valence-corrected chi connectivity index (χ4v) is 6.58. The number of benzene rings is 3. The quantitative estimate of drug-likeness (QED) is 0.275. The second kappa shape index (κ2) is 11.1. The van der Waals surface area contributed by atoms with E-state index in [0.717, 1.165) is 43.9 Å². The first-order valence-electron chi connectivity index (χ1n) is 10.8. The minimum atomic E-state index is -0.436. The molecule has 4 nitrogen and oxygen atoms in total. The topological polar surface area (TPSA) is 30.5 Å². The van der Waals surface area contributed by atoms with E-state index in [9.17, 15) is 0 Å². The van der Waals surface area contributed by atoms with Crippen molar-refractivity contribution in [2.24, 2.45) is 0 Å². The molecule has 0 aliphatic carbocycles. The van der Waals surface area contributed by atoms with Crippen LogP contribution in [-0.4, -0.2) is 30.9 Å². The lowest BCUT2D eigenvalue weighted by Gasteiger charge is -2.32. The van der Waals surface area contributed by atoms with Crippen molar-refractivity contribution in [2.75, 3.05) is 35.1 Å². The molecule has 1 heterocycles. The summed E-state index contributed by atoms with van der Waals surface area (Å²) in [4.78, 5) is 0. The molecule has 1 aliphatic heterocycles. The Balaban J connectivity index is 1.31. The SMILES string of the molecule is S=C(NCCCP1N(c2ccccc2)CCN1c1ccccc1)NCc1ccccc1. The largest absolute Gasteiger partial charge is 0.363 e. The average molecular weight is 449 g/mol. The van der Waals surface area contributed by atoms with Gasteiger partial charge in [-0.05, 0) is 48.5 Å². The standard InChI is InChI=1S/C25H29N4PS/c31-25(27-21-22-11-4-1-5-12-22)26-17-10-20-30-28(23-13-6-2-7-14-23)18-19-29(30)24-15-8-3-9-16-24/h1-9,11-16H,10,17-21H2,(H2,26,27,31). The Kier molecular flexibility index (Phi) is 7.76. The fourth-order valence-electron chi connectivity index (χ4n) is 3.78. The van der Waals surface area contributed by atoms with E-state index in [1.54, 1.807) is 0 Å². The molecule has 0 spiro atoms. The predicted molar refractivity (Wildman–Crippen MR) is 138 cm³/mol. The number of para-hydroxylation sites is 2. The lowest BCUT2D eigenvalue weighted by molar-refractivity contribution is 0.801. The fraction of sp³-hybridized carbons (Fsp3) is 0.240. The molecule has 3 aromatic carbocycles. The van der Waals surface area contributed by atoms with Crippen molar-refractivity contribution in [2.45, 2.75) is 13.0 Å². The summed E-state index contributed by atoms with van der Waals surface area (Å²) in [5, 5.41) is 7.41. The van der Waals surface area contributed by atoms with E-state index in [0.29, 0.717) is 0 Å². The van der Waals surface area contributed by atoms with Gasteiger partial charge in [-0.25, -0.2) is 0 Å². The van der Waals surface area contributed by atoms with Crippen LogP contribution >= 0.6 is 20.4 Å². The number of thiocarbonyl (C=S) groups is 1. The molecule has 4 rings (SSSR count). The molecule has 0 aromatic heterocycles. The minimum Gasteiger partial charge on any atom is -0.363 e. The van der Waals surface area contributed by atoms with Crippen molar-refractivity contribution >= 4 is 36.9 Å². The molecular weight excluding hydrogens is 419 g/mol. The van der Waals surface area contributed by atoms with Crippen molar-refractivity contribution in [1.29, 1.82) is 0 Å². The highest BCUT2D eigenvalue weighted by Gasteiger charge is 2.32. The van der Waals surface area contributed by atoms with E-state index in [-0.39, 0.29) is 0 Å². The number of hydrogen-bond donors (Lipinski definition) is 2. The molecule has 0 saturated carbocycles. The summed E-state index contributed by atoms with van der Waals surface area (Å²) in [6, 6.07) is 31.9. The van der Waals surface area contributed by atoms with Gasteiger partial charge in [0.05, 0.1) is 8.22 Å². The summed E-state index contributed by atoms with van der Waals surface area (Å²) in [6.45, 7) is 3.76. The molecule has 0 atom stereocenters. The van der Waals surface area contributed by atoms with Crippen molar-refractivity contribution < 1.29 is 0 Å². The number of nitrogens with one attached hydrogen (secondary N) is 2. The molecule has 3 aromatic rings. The lowest BCUT2D eigenvalue weighted by atomic mass is 10.2. The van der Waals surface area contributed by atoms with Crippen LogP contribution in [0.3, 0.4) is 0 Å². The van der Waals surface area contributed by atoms with Gasteiger partial charge in [0.15, 0.2) is 5.11 Å². The molecular formula is C25H29N4PS. The normalized spacial score (nSPS) is 13.9. The monoisotopic (exact) mass is 448 g/mol. The third kappa shape index (κ3) is 5.96. The summed E-state index contributed by atoms with van der Waals surface area (Å²) in [7, 11) is -0.436. The van der Waals surface area contributed by atoms with E-state index < -0.39 is 8.22 Å². The molecule has 0 bridgehead atoms. The Hall–Kier alpha value is -2.62. The molecule has 0 amide bonds. The molecule has 0 unspecified atom stereocenters. The van der Waals surface area contributed by atoms with Gasteiger partial charge in [0.2, 0.25) is 0 Å². The first kappa shape index (κ1) is 21.6. The van der Waals surface area contributed by atoms with Crippen LogP contribution in [0.5, 0.6) is 0 Å². The summed E-state index contributed by atoms with van der Waals surface area (Å²) >= 11 is 5.46. The summed E-state index contributed by atoms with van der Waals surface area (Å²) in [5.41, 5.74) is 3.87. The number of hydrogen-bond acceptors (Lipinski definition) is 3. The van der Waals surface area contributed by atoms with Crippen molar-refractivity contribution in [1.82, 2.24) is 10.6 Å². The van der Waals surface area contributed by atoms with Crippen LogP contribution in [0.15, 0.2) is 91.0 Å². The summed E-state index contributed by atoms with van der Waals surface area (Å²) in [6.07, 6.45) is 2.21. The Morgan fingerprint density at radius 3 is 1.81 bits per heavy atom. The summed E-state index contributed by atoms with van der Waals surface area (Å²) in [5.74, 6) is 0. The molecule has 2 N–H and O–H groups in total. The van der Waals surface area contributed by atoms with Crippen LogP contribution in [-0.2, 0) is 6.54 Å². The second-order valence-corrected chi connectivity index (χ2v) is 10.0. The van der Waals surface area contributed by atoms with E-state index in [1.165, 1.54) is 16.9 Å². The lowest BCUT2D eigenvalue weighted by Crippen LogP contribution is -2.35. The highest BCUT2D eigenvalue weighted by Crippen LogP contribution is 2.53. The summed E-state index contributed by atoms with van der Waals surface area (Å²) < 4.78 is 5.18. The Bertz CT molecular complexity index is 892. The maximum atomic E-state index is 5.46. The predicted octanol–water partition coefficient (Wildman–Crippen LogP) is 5.38. The van der Waals surface area contributed by atoms with Crippen LogP contribution in [0.4, 0.5) is 11.4 Å². The highest BCUT2D eigenvalue weighted by atomic mass is 32.1.